The first kappa shape index (κ1) is 14.1. The predicted molar refractivity (Wildman–Crippen MR) is 86.4 cm³/mol. The summed E-state index contributed by atoms with van der Waals surface area (Å²) in [4.78, 5) is 2.48. The van der Waals surface area contributed by atoms with Gasteiger partial charge in [-0.3, -0.25) is 4.90 Å². The van der Waals surface area contributed by atoms with Crippen LogP contribution in [0.3, 0.4) is 0 Å². The Hall–Kier alpha value is -1.81. The van der Waals surface area contributed by atoms with Gasteiger partial charge in [0.15, 0.2) is 0 Å². The van der Waals surface area contributed by atoms with Crippen LogP contribution in [0.4, 0.5) is 5.82 Å². The highest BCUT2D eigenvalue weighted by Crippen LogP contribution is 2.21. The van der Waals surface area contributed by atoms with E-state index in [-0.39, 0.29) is 0 Å². The number of anilines is 1. The highest BCUT2D eigenvalue weighted by atomic mass is 15.3. The van der Waals surface area contributed by atoms with Crippen LogP contribution >= 0.6 is 0 Å². The van der Waals surface area contributed by atoms with Gasteiger partial charge in [-0.25, -0.2) is 4.68 Å². The summed E-state index contributed by atoms with van der Waals surface area (Å²) in [6.45, 7) is 7.65. The first-order chi connectivity index (χ1) is 10.1. The molecule has 0 saturated carbocycles. The fourth-order valence-corrected chi connectivity index (χ4v) is 2.97. The Labute approximate surface area is 126 Å². The first-order valence-electron chi connectivity index (χ1n) is 7.76. The van der Waals surface area contributed by atoms with Crippen molar-refractivity contribution in [1.82, 2.24) is 14.7 Å². The number of para-hydroxylation sites is 1. The molecule has 0 radical (unpaired) electrons. The Morgan fingerprint density at radius 1 is 1.24 bits per heavy atom. The Morgan fingerprint density at radius 3 is 2.67 bits per heavy atom. The monoisotopic (exact) mass is 284 g/mol. The summed E-state index contributed by atoms with van der Waals surface area (Å²) in [7, 11) is 0. The average Bonchev–Trinajstić information content (AvgIpc) is 2.83. The van der Waals surface area contributed by atoms with E-state index in [1.165, 1.54) is 18.4 Å². The van der Waals surface area contributed by atoms with Crippen molar-refractivity contribution in [2.45, 2.75) is 33.2 Å². The van der Waals surface area contributed by atoms with Crippen molar-refractivity contribution in [3.8, 4) is 5.69 Å². The molecule has 2 aromatic rings. The molecule has 0 unspecified atom stereocenters. The molecule has 1 aromatic carbocycles. The summed E-state index contributed by atoms with van der Waals surface area (Å²) in [5.41, 5.74) is 9.46. The van der Waals surface area contributed by atoms with E-state index in [0.717, 1.165) is 36.9 Å². The molecule has 0 atom stereocenters. The van der Waals surface area contributed by atoms with Gasteiger partial charge >= 0.3 is 0 Å². The standard InChI is InChI=1S/C17H24N4/c1-13-7-9-20(10-8-13)12-15-11-17(18)21(19-15)16-6-4-3-5-14(16)2/h3-6,11,13H,7-10,12,18H2,1-2H3. The third kappa shape index (κ3) is 3.10. The number of hydrogen-bond acceptors (Lipinski definition) is 3. The summed E-state index contributed by atoms with van der Waals surface area (Å²) < 4.78 is 1.86. The van der Waals surface area contributed by atoms with E-state index in [2.05, 4.69) is 30.9 Å². The molecule has 112 valence electrons. The largest absolute Gasteiger partial charge is 0.384 e. The van der Waals surface area contributed by atoms with Gasteiger partial charge in [-0.05, 0) is 50.4 Å². The lowest BCUT2D eigenvalue weighted by molar-refractivity contribution is 0.183. The third-order valence-electron chi connectivity index (χ3n) is 4.39. The minimum Gasteiger partial charge on any atom is -0.384 e. The topological polar surface area (TPSA) is 47.1 Å². The highest BCUT2D eigenvalue weighted by Gasteiger charge is 2.17. The molecule has 0 bridgehead atoms. The summed E-state index contributed by atoms with van der Waals surface area (Å²) in [5, 5.41) is 4.70. The summed E-state index contributed by atoms with van der Waals surface area (Å²) in [5.74, 6) is 1.57. The number of aryl methyl sites for hydroxylation is 1. The summed E-state index contributed by atoms with van der Waals surface area (Å²) in [6, 6.07) is 10.2. The lowest BCUT2D eigenvalue weighted by Crippen LogP contribution is -2.32. The van der Waals surface area contributed by atoms with E-state index in [0.29, 0.717) is 5.82 Å². The molecule has 1 aliphatic heterocycles. The zero-order chi connectivity index (χ0) is 14.8. The molecular formula is C17H24N4. The van der Waals surface area contributed by atoms with Crippen LogP contribution < -0.4 is 5.73 Å². The number of nitrogens with two attached hydrogens (primary N) is 1. The number of nitrogen functional groups attached to an aromatic ring is 1. The maximum atomic E-state index is 6.15. The van der Waals surface area contributed by atoms with Gasteiger partial charge in [-0.2, -0.15) is 5.10 Å². The van der Waals surface area contributed by atoms with E-state index in [9.17, 15) is 0 Å². The van der Waals surface area contributed by atoms with Crippen LogP contribution in [0.15, 0.2) is 30.3 Å². The highest BCUT2D eigenvalue weighted by molar-refractivity contribution is 5.47. The SMILES string of the molecule is Cc1ccccc1-n1nc(CN2CCC(C)CC2)cc1N. The number of benzene rings is 1. The molecule has 0 amide bonds. The molecule has 3 rings (SSSR count). The van der Waals surface area contributed by atoms with Crippen molar-refractivity contribution >= 4 is 5.82 Å². The Balaban J connectivity index is 1.77. The van der Waals surface area contributed by atoms with Crippen LogP contribution in [0.2, 0.25) is 0 Å². The Bertz CT molecular complexity index is 609. The van der Waals surface area contributed by atoms with Gasteiger partial charge in [-0.1, -0.05) is 25.1 Å². The van der Waals surface area contributed by atoms with Crippen molar-refractivity contribution in [3.05, 3.63) is 41.6 Å². The first-order valence-corrected chi connectivity index (χ1v) is 7.76. The number of aromatic nitrogens is 2. The number of hydrogen-bond donors (Lipinski definition) is 1. The fourth-order valence-electron chi connectivity index (χ4n) is 2.97. The van der Waals surface area contributed by atoms with E-state index in [1.807, 2.05) is 22.9 Å². The minimum atomic E-state index is 0.713. The van der Waals surface area contributed by atoms with Gasteiger partial charge in [0, 0.05) is 12.6 Å². The van der Waals surface area contributed by atoms with Crippen molar-refractivity contribution in [2.75, 3.05) is 18.8 Å². The zero-order valence-corrected chi connectivity index (χ0v) is 12.9. The maximum Gasteiger partial charge on any atom is 0.127 e. The van der Waals surface area contributed by atoms with Crippen LogP contribution in [0.25, 0.3) is 5.69 Å². The lowest BCUT2D eigenvalue weighted by atomic mass is 9.99. The number of likely N-dealkylation sites (tertiary alicyclic amines) is 1. The molecular weight excluding hydrogens is 260 g/mol. The molecule has 0 spiro atoms. The molecule has 0 aliphatic carbocycles. The quantitative estimate of drug-likeness (QED) is 0.942. The van der Waals surface area contributed by atoms with Crippen LogP contribution in [0, 0.1) is 12.8 Å². The normalized spacial score (nSPS) is 17.2. The van der Waals surface area contributed by atoms with E-state index in [1.54, 1.807) is 0 Å². The second kappa shape index (κ2) is 5.90. The molecule has 1 fully saturated rings. The lowest BCUT2D eigenvalue weighted by Gasteiger charge is -2.29. The molecule has 1 aliphatic rings. The molecule has 21 heavy (non-hydrogen) atoms. The maximum absolute atomic E-state index is 6.15. The van der Waals surface area contributed by atoms with Gasteiger partial charge in [0.2, 0.25) is 0 Å². The van der Waals surface area contributed by atoms with Gasteiger partial charge < -0.3 is 5.73 Å². The Kier molecular flexibility index (Phi) is 3.97. The average molecular weight is 284 g/mol. The van der Waals surface area contributed by atoms with E-state index >= 15 is 0 Å². The fraction of sp³-hybridized carbons (Fsp3) is 0.471. The summed E-state index contributed by atoms with van der Waals surface area (Å²) >= 11 is 0. The van der Waals surface area contributed by atoms with Crippen LogP contribution in [-0.4, -0.2) is 27.8 Å². The van der Waals surface area contributed by atoms with Crippen molar-refractivity contribution in [1.29, 1.82) is 0 Å². The molecule has 4 heteroatoms. The summed E-state index contributed by atoms with van der Waals surface area (Å²) in [6.07, 6.45) is 2.57. The number of nitrogens with zero attached hydrogens (tertiary/aromatic N) is 3. The van der Waals surface area contributed by atoms with Crippen LogP contribution in [0.1, 0.15) is 31.0 Å². The Morgan fingerprint density at radius 2 is 1.95 bits per heavy atom. The predicted octanol–water partition coefficient (Wildman–Crippen LogP) is 2.99. The second-order valence-corrected chi connectivity index (χ2v) is 6.22. The molecule has 2 heterocycles. The van der Waals surface area contributed by atoms with Gasteiger partial charge in [-0.15, -0.1) is 0 Å². The zero-order valence-electron chi connectivity index (χ0n) is 12.9. The van der Waals surface area contributed by atoms with E-state index < -0.39 is 0 Å². The third-order valence-corrected chi connectivity index (χ3v) is 4.39. The molecule has 2 N–H and O–H groups in total. The molecule has 1 saturated heterocycles. The number of rotatable bonds is 3. The van der Waals surface area contributed by atoms with Crippen molar-refractivity contribution in [2.24, 2.45) is 5.92 Å². The number of piperidine rings is 1. The van der Waals surface area contributed by atoms with Gasteiger partial charge in [0.1, 0.15) is 5.82 Å². The van der Waals surface area contributed by atoms with Crippen molar-refractivity contribution < 1.29 is 0 Å². The van der Waals surface area contributed by atoms with Crippen LogP contribution in [-0.2, 0) is 6.54 Å². The van der Waals surface area contributed by atoms with E-state index in [4.69, 9.17) is 10.8 Å². The minimum absolute atomic E-state index is 0.713. The molecule has 1 aromatic heterocycles. The molecule has 4 nitrogen and oxygen atoms in total. The smallest absolute Gasteiger partial charge is 0.127 e. The second-order valence-electron chi connectivity index (χ2n) is 6.22. The van der Waals surface area contributed by atoms with Gasteiger partial charge in [0.25, 0.3) is 0 Å². The van der Waals surface area contributed by atoms with Gasteiger partial charge in [0.05, 0.1) is 11.4 Å². The van der Waals surface area contributed by atoms with Crippen LogP contribution in [0.5, 0.6) is 0 Å². The van der Waals surface area contributed by atoms with Crippen molar-refractivity contribution in [3.63, 3.8) is 0 Å².